The number of nitrogens with zero attached hydrogens (tertiary/aromatic N) is 2. The molecule has 9 heteroatoms. The van der Waals surface area contributed by atoms with Crippen LogP contribution in [0.4, 0.5) is 5.69 Å². The van der Waals surface area contributed by atoms with Crippen LogP contribution < -0.4 is 5.32 Å². The van der Waals surface area contributed by atoms with Gasteiger partial charge in [-0.15, -0.1) is 0 Å². The van der Waals surface area contributed by atoms with Crippen LogP contribution in [0.3, 0.4) is 0 Å². The number of aromatic nitrogens is 2. The topological polar surface area (TPSA) is 98.1 Å². The molecule has 0 bridgehead atoms. The van der Waals surface area contributed by atoms with Crippen LogP contribution in [0.5, 0.6) is 0 Å². The Bertz CT molecular complexity index is 1180. The summed E-state index contributed by atoms with van der Waals surface area (Å²) in [6.45, 7) is 0.935. The Morgan fingerprint density at radius 2 is 1.68 bits per heavy atom. The summed E-state index contributed by atoms with van der Waals surface area (Å²) < 4.78 is 49.8. The fourth-order valence-corrected chi connectivity index (χ4v) is 4.39. The number of nitrogens with one attached hydrogen (secondary N) is 1. The SMILES string of the molecule is CS(=O)(=O)c1ccc(NCc2nccn2Cc2ccccc2)c(S(C)(=O)=O)c1. The van der Waals surface area contributed by atoms with Gasteiger partial charge in [-0.25, -0.2) is 21.8 Å². The third kappa shape index (κ3) is 4.79. The third-order valence-corrected chi connectivity index (χ3v) is 6.46. The number of hydrogen-bond acceptors (Lipinski definition) is 6. The molecule has 2 aromatic carbocycles. The first-order valence-electron chi connectivity index (χ1n) is 8.46. The molecule has 0 amide bonds. The van der Waals surface area contributed by atoms with Crippen LogP contribution in [0.1, 0.15) is 11.4 Å². The fraction of sp³-hybridized carbons (Fsp3) is 0.211. The molecule has 1 heterocycles. The van der Waals surface area contributed by atoms with E-state index in [-0.39, 0.29) is 9.79 Å². The highest BCUT2D eigenvalue weighted by Crippen LogP contribution is 2.25. The molecule has 0 radical (unpaired) electrons. The van der Waals surface area contributed by atoms with Gasteiger partial charge in [-0.1, -0.05) is 30.3 Å². The summed E-state index contributed by atoms with van der Waals surface area (Å²) in [5.74, 6) is 0.732. The minimum atomic E-state index is -3.62. The molecule has 0 aliphatic heterocycles. The summed E-state index contributed by atoms with van der Waals surface area (Å²) in [7, 11) is -7.13. The van der Waals surface area contributed by atoms with E-state index in [2.05, 4.69) is 10.3 Å². The van der Waals surface area contributed by atoms with Crippen LogP contribution in [-0.2, 0) is 32.8 Å². The van der Waals surface area contributed by atoms with Crippen molar-refractivity contribution in [2.45, 2.75) is 22.9 Å². The molecule has 0 atom stereocenters. The third-order valence-electron chi connectivity index (χ3n) is 4.22. The molecule has 28 heavy (non-hydrogen) atoms. The molecular weight excluding hydrogens is 398 g/mol. The van der Waals surface area contributed by atoms with Gasteiger partial charge >= 0.3 is 0 Å². The first kappa shape index (κ1) is 20.1. The maximum Gasteiger partial charge on any atom is 0.177 e. The Kier molecular flexibility index (Phi) is 5.57. The van der Waals surface area contributed by atoms with E-state index in [4.69, 9.17) is 0 Å². The van der Waals surface area contributed by atoms with Crippen molar-refractivity contribution < 1.29 is 16.8 Å². The highest BCUT2D eigenvalue weighted by molar-refractivity contribution is 7.91. The molecule has 3 rings (SSSR count). The molecule has 7 nitrogen and oxygen atoms in total. The van der Waals surface area contributed by atoms with Gasteiger partial charge in [0.25, 0.3) is 0 Å². The predicted octanol–water partition coefficient (Wildman–Crippen LogP) is 2.35. The lowest BCUT2D eigenvalue weighted by Gasteiger charge is -2.13. The first-order valence-corrected chi connectivity index (χ1v) is 12.2. The summed E-state index contributed by atoms with van der Waals surface area (Å²) in [5.41, 5.74) is 1.46. The van der Waals surface area contributed by atoms with Crippen molar-refractivity contribution in [3.05, 3.63) is 72.3 Å². The van der Waals surface area contributed by atoms with Crippen LogP contribution in [0.2, 0.25) is 0 Å². The monoisotopic (exact) mass is 419 g/mol. The zero-order valence-electron chi connectivity index (χ0n) is 15.5. The molecule has 0 saturated heterocycles. The second-order valence-corrected chi connectivity index (χ2v) is 10.5. The molecular formula is C19H21N3O4S2. The maximum absolute atomic E-state index is 12.1. The van der Waals surface area contributed by atoms with E-state index in [9.17, 15) is 16.8 Å². The van der Waals surface area contributed by atoms with E-state index >= 15 is 0 Å². The van der Waals surface area contributed by atoms with E-state index in [0.717, 1.165) is 23.9 Å². The number of hydrogen-bond donors (Lipinski definition) is 1. The van der Waals surface area contributed by atoms with Gasteiger partial charge in [-0.2, -0.15) is 0 Å². The van der Waals surface area contributed by atoms with Crippen molar-refractivity contribution in [3.63, 3.8) is 0 Å². The highest BCUT2D eigenvalue weighted by atomic mass is 32.2. The number of benzene rings is 2. The standard InChI is InChI=1S/C19H21N3O4S2/c1-27(23,24)16-8-9-17(18(12-16)28(2,25)26)21-13-19-20-10-11-22(19)14-15-6-4-3-5-7-15/h3-12,21H,13-14H2,1-2H3. The molecule has 0 aliphatic rings. The van der Waals surface area contributed by atoms with Crippen molar-refractivity contribution in [1.82, 2.24) is 9.55 Å². The molecule has 0 unspecified atom stereocenters. The largest absolute Gasteiger partial charge is 0.377 e. The number of anilines is 1. The van der Waals surface area contributed by atoms with Crippen LogP contribution in [0.25, 0.3) is 0 Å². The molecule has 0 spiro atoms. The van der Waals surface area contributed by atoms with E-state index in [1.807, 2.05) is 41.1 Å². The second-order valence-electron chi connectivity index (χ2n) is 6.51. The van der Waals surface area contributed by atoms with E-state index in [0.29, 0.717) is 18.8 Å². The molecule has 3 aromatic rings. The van der Waals surface area contributed by atoms with Gasteiger partial charge in [0.1, 0.15) is 5.82 Å². The Hall–Kier alpha value is -2.65. The summed E-state index contributed by atoms with van der Waals surface area (Å²) in [6.07, 6.45) is 5.64. The van der Waals surface area contributed by atoms with Crippen LogP contribution in [-0.4, -0.2) is 38.9 Å². The Morgan fingerprint density at radius 3 is 2.32 bits per heavy atom. The van der Waals surface area contributed by atoms with E-state index in [1.165, 1.54) is 18.2 Å². The van der Waals surface area contributed by atoms with Crippen molar-refractivity contribution in [2.75, 3.05) is 17.8 Å². The summed E-state index contributed by atoms with van der Waals surface area (Å²) >= 11 is 0. The average molecular weight is 420 g/mol. The minimum Gasteiger partial charge on any atom is -0.377 e. The minimum absolute atomic E-state index is 0.0379. The van der Waals surface area contributed by atoms with Crippen LogP contribution >= 0.6 is 0 Å². The zero-order chi connectivity index (χ0) is 20.4. The lowest BCUT2D eigenvalue weighted by molar-refractivity contribution is 0.600. The average Bonchev–Trinajstić information content (AvgIpc) is 3.06. The molecule has 148 valence electrons. The maximum atomic E-state index is 12.1. The van der Waals surface area contributed by atoms with Crippen molar-refractivity contribution in [1.29, 1.82) is 0 Å². The van der Waals surface area contributed by atoms with Crippen LogP contribution in [0, 0.1) is 0 Å². The Labute approximate surface area is 164 Å². The van der Waals surface area contributed by atoms with Crippen molar-refractivity contribution >= 4 is 25.4 Å². The number of sulfone groups is 2. The molecule has 0 fully saturated rings. The molecule has 1 N–H and O–H groups in total. The molecule has 0 saturated carbocycles. The van der Waals surface area contributed by atoms with E-state index in [1.54, 1.807) is 6.20 Å². The smallest absolute Gasteiger partial charge is 0.177 e. The number of imidazole rings is 1. The Morgan fingerprint density at radius 1 is 0.964 bits per heavy atom. The molecule has 1 aromatic heterocycles. The van der Waals surface area contributed by atoms with Gasteiger partial charge in [0.05, 0.1) is 22.0 Å². The van der Waals surface area contributed by atoms with Gasteiger partial charge < -0.3 is 9.88 Å². The fourth-order valence-electron chi connectivity index (χ4n) is 2.79. The van der Waals surface area contributed by atoms with E-state index < -0.39 is 19.7 Å². The van der Waals surface area contributed by atoms with Gasteiger partial charge in [0.2, 0.25) is 0 Å². The zero-order valence-corrected chi connectivity index (χ0v) is 17.2. The quantitative estimate of drug-likeness (QED) is 0.631. The molecule has 0 aliphatic carbocycles. The summed E-state index contributed by atoms with van der Waals surface area (Å²) in [4.78, 5) is 4.23. The van der Waals surface area contributed by atoms with Crippen molar-refractivity contribution in [3.8, 4) is 0 Å². The summed E-state index contributed by atoms with van der Waals surface area (Å²) in [5, 5.41) is 3.07. The Balaban J connectivity index is 1.85. The van der Waals surface area contributed by atoms with Gasteiger partial charge in [-0.05, 0) is 23.8 Å². The predicted molar refractivity (Wildman–Crippen MR) is 108 cm³/mol. The van der Waals surface area contributed by atoms with Gasteiger partial charge in [0.15, 0.2) is 19.7 Å². The lowest BCUT2D eigenvalue weighted by atomic mass is 10.2. The second kappa shape index (κ2) is 7.76. The van der Waals surface area contributed by atoms with Gasteiger partial charge in [-0.3, -0.25) is 0 Å². The number of rotatable bonds is 7. The first-order chi connectivity index (χ1) is 13.1. The van der Waals surface area contributed by atoms with Gasteiger partial charge in [0, 0.05) is 31.4 Å². The highest BCUT2D eigenvalue weighted by Gasteiger charge is 2.18. The summed E-state index contributed by atoms with van der Waals surface area (Å²) in [6, 6.07) is 14.0. The lowest BCUT2D eigenvalue weighted by Crippen LogP contribution is -2.12. The van der Waals surface area contributed by atoms with Crippen molar-refractivity contribution in [2.24, 2.45) is 0 Å². The van der Waals surface area contributed by atoms with Crippen LogP contribution in [0.15, 0.2) is 70.7 Å². The normalized spacial score (nSPS) is 12.1.